The van der Waals surface area contributed by atoms with E-state index in [0.29, 0.717) is 5.02 Å². The first-order chi connectivity index (χ1) is 11.0. The van der Waals surface area contributed by atoms with Crippen LogP contribution in [0.1, 0.15) is 20.3 Å². The molecule has 1 atom stereocenters. The number of carbonyl (C=O) groups is 2. The number of benzene rings is 1. The van der Waals surface area contributed by atoms with Crippen LogP contribution < -0.4 is 5.32 Å². The third-order valence-corrected chi connectivity index (χ3v) is 4.51. The van der Waals surface area contributed by atoms with Crippen molar-refractivity contribution in [1.82, 2.24) is 14.9 Å². The van der Waals surface area contributed by atoms with Gasteiger partial charge >= 0.3 is 6.09 Å². The maximum absolute atomic E-state index is 12.0. The molecule has 0 saturated carbocycles. The summed E-state index contributed by atoms with van der Waals surface area (Å²) in [5, 5.41) is 3.01. The molecule has 0 spiro atoms. The lowest BCUT2D eigenvalue weighted by Crippen LogP contribution is -2.36. The van der Waals surface area contributed by atoms with E-state index in [9.17, 15) is 9.59 Å². The second-order valence-electron chi connectivity index (χ2n) is 4.92. The van der Waals surface area contributed by atoms with E-state index in [1.165, 1.54) is 18.9 Å². The molecule has 23 heavy (non-hydrogen) atoms. The number of methoxy groups -OCH3 is 1. The Labute approximate surface area is 143 Å². The highest BCUT2D eigenvalue weighted by Gasteiger charge is 2.21. The number of halogens is 1. The summed E-state index contributed by atoms with van der Waals surface area (Å²) < 4.78 is 6.48. The van der Waals surface area contributed by atoms with Crippen LogP contribution in [-0.4, -0.2) is 33.9 Å². The first-order valence-corrected chi connectivity index (χ1v) is 8.43. The number of nitrogens with one attached hydrogen (secondary N) is 1. The molecule has 0 unspecified atom stereocenters. The summed E-state index contributed by atoms with van der Waals surface area (Å²) in [6, 6.07) is 5.54. The van der Waals surface area contributed by atoms with Crippen molar-refractivity contribution in [1.29, 1.82) is 0 Å². The smallest absolute Gasteiger partial charge is 0.413 e. The maximum atomic E-state index is 12.0. The topological polar surface area (TPSA) is 73.2 Å². The van der Waals surface area contributed by atoms with E-state index in [-0.39, 0.29) is 0 Å². The van der Waals surface area contributed by atoms with Gasteiger partial charge in [-0.3, -0.25) is 10.1 Å². The Kier molecular flexibility index (Phi) is 5.90. The average molecular weight is 356 g/mol. The fourth-order valence-corrected chi connectivity index (χ4v) is 3.19. The summed E-state index contributed by atoms with van der Waals surface area (Å²) in [7, 11) is 1.21. The van der Waals surface area contributed by atoms with Crippen molar-refractivity contribution in [3.05, 3.63) is 23.2 Å². The Hall–Kier alpha value is -1.73. The van der Waals surface area contributed by atoms with Gasteiger partial charge in [0, 0.05) is 11.6 Å². The van der Waals surface area contributed by atoms with Crippen LogP contribution in [0.3, 0.4) is 0 Å². The first-order valence-electron chi connectivity index (χ1n) is 7.17. The van der Waals surface area contributed by atoms with Crippen molar-refractivity contribution in [3.63, 3.8) is 0 Å². The zero-order chi connectivity index (χ0) is 17.0. The summed E-state index contributed by atoms with van der Waals surface area (Å²) in [6.45, 7) is 4.57. The lowest BCUT2D eigenvalue weighted by molar-refractivity contribution is -0.119. The molecular weight excluding hydrogens is 338 g/mol. The number of hydrogen-bond acceptors (Lipinski definition) is 5. The predicted octanol–water partition coefficient (Wildman–Crippen LogP) is 3.46. The minimum Gasteiger partial charge on any atom is -0.453 e. The van der Waals surface area contributed by atoms with Crippen molar-refractivity contribution in [3.8, 4) is 0 Å². The molecule has 0 bridgehead atoms. The van der Waals surface area contributed by atoms with E-state index in [0.717, 1.165) is 29.2 Å². The number of nitrogens with zero attached hydrogens (tertiary/aromatic N) is 2. The number of hydrogen-bond donors (Lipinski definition) is 1. The molecule has 1 N–H and O–H groups in total. The van der Waals surface area contributed by atoms with Crippen LogP contribution in [0.4, 0.5) is 4.79 Å². The molecule has 2 amide bonds. The Bertz CT molecular complexity index is 732. The van der Waals surface area contributed by atoms with Gasteiger partial charge in [0.2, 0.25) is 5.91 Å². The van der Waals surface area contributed by atoms with Crippen LogP contribution in [0, 0.1) is 0 Å². The maximum Gasteiger partial charge on any atom is 0.413 e. The van der Waals surface area contributed by atoms with E-state index >= 15 is 0 Å². The summed E-state index contributed by atoms with van der Waals surface area (Å²) in [6.07, 6.45) is 0.168. The van der Waals surface area contributed by atoms with Crippen LogP contribution >= 0.6 is 23.4 Å². The van der Waals surface area contributed by atoms with Crippen molar-refractivity contribution >= 4 is 46.4 Å². The highest BCUT2D eigenvalue weighted by Crippen LogP contribution is 2.29. The van der Waals surface area contributed by atoms with Crippen LogP contribution in [-0.2, 0) is 16.1 Å². The van der Waals surface area contributed by atoms with Crippen LogP contribution in [0.15, 0.2) is 23.4 Å². The summed E-state index contributed by atoms with van der Waals surface area (Å²) in [5.74, 6) is -0.421. The Morgan fingerprint density at radius 3 is 2.87 bits per heavy atom. The molecule has 1 aromatic carbocycles. The molecular formula is C15H18ClN3O3S. The summed E-state index contributed by atoms with van der Waals surface area (Å²) >= 11 is 7.31. The second kappa shape index (κ2) is 7.70. The van der Waals surface area contributed by atoms with Crippen LogP contribution in [0.25, 0.3) is 11.0 Å². The van der Waals surface area contributed by atoms with Crippen LogP contribution in [0.2, 0.25) is 5.02 Å². The summed E-state index contributed by atoms with van der Waals surface area (Å²) in [4.78, 5) is 27.7. The number of fused-ring (bicyclic) bond motifs is 1. The van der Waals surface area contributed by atoms with Crippen molar-refractivity contribution < 1.29 is 14.3 Å². The lowest BCUT2D eigenvalue weighted by atomic mass is 10.3. The van der Waals surface area contributed by atoms with Gasteiger partial charge in [-0.15, -0.1) is 0 Å². The van der Waals surface area contributed by atoms with Gasteiger partial charge in [-0.25, -0.2) is 9.78 Å². The number of aryl methyl sites for hydroxylation is 1. The molecule has 6 nitrogen and oxygen atoms in total. The number of carbonyl (C=O) groups excluding carboxylic acids is 2. The predicted molar refractivity (Wildman–Crippen MR) is 90.9 cm³/mol. The molecule has 0 fully saturated rings. The SMILES string of the molecule is CCCn1c(S[C@@H](C)C(=O)NC(=O)OC)nc2cc(Cl)ccc21. The zero-order valence-electron chi connectivity index (χ0n) is 13.1. The molecule has 1 heterocycles. The van der Waals surface area contributed by atoms with E-state index in [1.54, 1.807) is 13.0 Å². The van der Waals surface area contributed by atoms with E-state index in [4.69, 9.17) is 11.6 Å². The van der Waals surface area contributed by atoms with Gasteiger partial charge in [0.1, 0.15) is 0 Å². The average Bonchev–Trinajstić information content (AvgIpc) is 2.84. The standard InChI is InChI=1S/C15H18ClN3O3S/c1-4-7-19-12-6-5-10(16)8-11(12)17-14(19)23-9(2)13(20)18-15(21)22-3/h5-6,8-9H,4,7H2,1-3H3,(H,18,20,21)/t9-/m0/s1. The monoisotopic (exact) mass is 355 g/mol. The van der Waals surface area contributed by atoms with E-state index in [2.05, 4.69) is 26.5 Å². The fourth-order valence-electron chi connectivity index (χ4n) is 2.08. The highest BCUT2D eigenvalue weighted by molar-refractivity contribution is 8.00. The van der Waals surface area contributed by atoms with Crippen molar-refractivity contribution in [2.75, 3.05) is 7.11 Å². The number of ether oxygens (including phenoxy) is 1. The summed E-state index contributed by atoms with van der Waals surface area (Å²) in [5.41, 5.74) is 1.76. The minimum atomic E-state index is -0.767. The van der Waals surface area contributed by atoms with Gasteiger partial charge < -0.3 is 9.30 Å². The molecule has 0 aliphatic heterocycles. The highest BCUT2D eigenvalue weighted by atomic mass is 35.5. The molecule has 2 rings (SSSR count). The third-order valence-electron chi connectivity index (χ3n) is 3.18. The molecule has 0 saturated heterocycles. The van der Waals surface area contributed by atoms with Gasteiger partial charge in [0.05, 0.1) is 23.4 Å². The molecule has 2 aromatic rings. The van der Waals surface area contributed by atoms with Gasteiger partial charge in [-0.05, 0) is 31.5 Å². The number of imide groups is 1. The number of aromatic nitrogens is 2. The number of imidazole rings is 1. The van der Waals surface area contributed by atoms with Gasteiger partial charge in [0.25, 0.3) is 0 Å². The number of amides is 2. The molecule has 0 radical (unpaired) electrons. The quantitative estimate of drug-likeness (QED) is 0.831. The fraction of sp³-hybridized carbons (Fsp3) is 0.400. The zero-order valence-corrected chi connectivity index (χ0v) is 14.7. The van der Waals surface area contributed by atoms with Crippen LogP contribution in [0.5, 0.6) is 0 Å². The van der Waals surface area contributed by atoms with Gasteiger partial charge in [-0.1, -0.05) is 30.3 Å². The normalized spacial score (nSPS) is 12.2. The Morgan fingerprint density at radius 2 is 2.22 bits per heavy atom. The molecule has 124 valence electrons. The largest absolute Gasteiger partial charge is 0.453 e. The minimum absolute atomic E-state index is 0.421. The number of rotatable bonds is 5. The Morgan fingerprint density at radius 1 is 1.48 bits per heavy atom. The molecule has 8 heteroatoms. The van der Waals surface area contributed by atoms with E-state index in [1.807, 2.05) is 12.1 Å². The molecule has 1 aromatic heterocycles. The van der Waals surface area contributed by atoms with Crippen molar-refractivity contribution in [2.45, 2.75) is 37.2 Å². The Balaban J connectivity index is 2.26. The molecule has 0 aliphatic rings. The second-order valence-corrected chi connectivity index (χ2v) is 6.66. The number of alkyl carbamates (subject to hydrolysis) is 1. The lowest BCUT2D eigenvalue weighted by Gasteiger charge is -2.12. The molecule has 0 aliphatic carbocycles. The van der Waals surface area contributed by atoms with Gasteiger partial charge in [-0.2, -0.15) is 0 Å². The van der Waals surface area contributed by atoms with Gasteiger partial charge in [0.15, 0.2) is 5.16 Å². The van der Waals surface area contributed by atoms with Crippen molar-refractivity contribution in [2.24, 2.45) is 0 Å². The van der Waals surface area contributed by atoms with E-state index < -0.39 is 17.3 Å². The number of thioether (sulfide) groups is 1. The first kappa shape index (κ1) is 17.6. The third kappa shape index (κ3) is 4.17.